The second-order valence-electron chi connectivity index (χ2n) is 5.07. The zero-order valence-electron chi connectivity index (χ0n) is 12.3. The zero-order chi connectivity index (χ0) is 15.2. The summed E-state index contributed by atoms with van der Waals surface area (Å²) in [7, 11) is 0. The molecule has 116 valence electrons. The number of benzene rings is 1. The number of carbonyl (C=O) groups is 1. The summed E-state index contributed by atoms with van der Waals surface area (Å²) in [6, 6.07) is 2.77. The highest BCUT2D eigenvalue weighted by molar-refractivity contribution is 5.77. The fourth-order valence-electron chi connectivity index (χ4n) is 2.42. The molecule has 3 N–H and O–H groups in total. The van der Waals surface area contributed by atoms with Gasteiger partial charge in [0.05, 0.1) is 18.0 Å². The molecule has 1 aliphatic heterocycles. The maximum atomic E-state index is 13.6. The van der Waals surface area contributed by atoms with E-state index in [0.29, 0.717) is 30.9 Å². The number of nitrogens with two attached hydrogens (primary N) is 1. The summed E-state index contributed by atoms with van der Waals surface area (Å²) in [6.07, 6.45) is 2.57. The van der Waals surface area contributed by atoms with Gasteiger partial charge < -0.3 is 20.7 Å². The lowest BCUT2D eigenvalue weighted by Crippen LogP contribution is -2.29. The molecule has 1 heterocycles. The van der Waals surface area contributed by atoms with Gasteiger partial charge in [-0.25, -0.2) is 4.39 Å². The van der Waals surface area contributed by atoms with Gasteiger partial charge in [-0.3, -0.25) is 4.79 Å². The Morgan fingerprint density at radius 2 is 2.14 bits per heavy atom. The number of rotatable bonds is 6. The number of halogens is 1. The van der Waals surface area contributed by atoms with E-state index in [9.17, 15) is 9.18 Å². The van der Waals surface area contributed by atoms with Crippen molar-refractivity contribution < 1.29 is 13.9 Å². The molecule has 2 rings (SSSR count). The summed E-state index contributed by atoms with van der Waals surface area (Å²) in [5, 5.41) is 3.07. The molecule has 1 aliphatic rings. The van der Waals surface area contributed by atoms with E-state index in [1.807, 2.05) is 4.90 Å². The maximum absolute atomic E-state index is 13.6. The van der Waals surface area contributed by atoms with Gasteiger partial charge in [0, 0.05) is 38.2 Å². The molecule has 0 atom stereocenters. The Bertz CT molecular complexity index is 502. The summed E-state index contributed by atoms with van der Waals surface area (Å²) >= 11 is 0. The number of nitrogen functional groups attached to an aromatic ring is 1. The van der Waals surface area contributed by atoms with E-state index in [1.54, 1.807) is 6.92 Å². The molecule has 0 aromatic heterocycles. The average Bonchev–Trinajstić information content (AvgIpc) is 2.98. The third-order valence-corrected chi connectivity index (χ3v) is 3.52. The molecule has 0 saturated carbocycles. The minimum absolute atomic E-state index is 0.144. The van der Waals surface area contributed by atoms with Gasteiger partial charge in [0.1, 0.15) is 0 Å². The Balaban J connectivity index is 1.90. The maximum Gasteiger partial charge on any atom is 0.224 e. The predicted molar refractivity (Wildman–Crippen MR) is 80.9 cm³/mol. The van der Waals surface area contributed by atoms with Crippen LogP contribution in [0, 0.1) is 5.82 Å². The van der Waals surface area contributed by atoms with Crippen molar-refractivity contribution in [3.63, 3.8) is 0 Å². The number of hydrogen-bond donors (Lipinski definition) is 2. The van der Waals surface area contributed by atoms with Gasteiger partial charge in [0.2, 0.25) is 5.91 Å². The highest BCUT2D eigenvalue weighted by Gasteiger charge is 2.17. The van der Waals surface area contributed by atoms with Gasteiger partial charge in [0.25, 0.3) is 0 Å². The normalized spacial score (nSPS) is 14.3. The van der Waals surface area contributed by atoms with Crippen molar-refractivity contribution in [1.82, 2.24) is 4.90 Å². The number of amides is 1. The number of ether oxygens (including phenoxy) is 1. The first-order chi connectivity index (χ1) is 10.1. The Hall–Kier alpha value is -1.98. The number of nitrogens with one attached hydrogen (secondary N) is 1. The van der Waals surface area contributed by atoms with Crippen LogP contribution in [0.25, 0.3) is 0 Å². The van der Waals surface area contributed by atoms with Crippen molar-refractivity contribution >= 4 is 17.3 Å². The highest BCUT2D eigenvalue weighted by atomic mass is 19.1. The zero-order valence-corrected chi connectivity index (χ0v) is 12.3. The van der Waals surface area contributed by atoms with Gasteiger partial charge in [-0.1, -0.05) is 0 Å². The number of anilines is 2. The largest absolute Gasteiger partial charge is 0.491 e. The van der Waals surface area contributed by atoms with Crippen LogP contribution in [0.5, 0.6) is 5.75 Å². The van der Waals surface area contributed by atoms with E-state index in [2.05, 4.69) is 5.32 Å². The third kappa shape index (κ3) is 4.00. The summed E-state index contributed by atoms with van der Waals surface area (Å²) < 4.78 is 18.8. The lowest BCUT2D eigenvalue weighted by atomic mass is 10.2. The van der Waals surface area contributed by atoms with Crippen molar-refractivity contribution in [3.8, 4) is 5.75 Å². The first-order valence-corrected chi connectivity index (χ1v) is 7.35. The third-order valence-electron chi connectivity index (χ3n) is 3.52. The molecule has 0 aliphatic carbocycles. The number of hydrogen-bond acceptors (Lipinski definition) is 4. The van der Waals surface area contributed by atoms with E-state index < -0.39 is 5.82 Å². The lowest BCUT2D eigenvalue weighted by molar-refractivity contribution is -0.129. The Labute approximate surface area is 124 Å². The fraction of sp³-hybridized carbons (Fsp3) is 0.533. The van der Waals surface area contributed by atoms with E-state index in [-0.39, 0.29) is 11.7 Å². The minimum atomic E-state index is -0.479. The number of nitrogens with zero attached hydrogens (tertiary/aromatic N) is 1. The smallest absolute Gasteiger partial charge is 0.224 e. The molecule has 6 heteroatoms. The van der Waals surface area contributed by atoms with Crippen LogP contribution in [0.1, 0.15) is 26.2 Å². The fourth-order valence-corrected chi connectivity index (χ4v) is 2.42. The molecule has 0 bridgehead atoms. The first kappa shape index (κ1) is 15.4. The summed E-state index contributed by atoms with van der Waals surface area (Å²) in [5.74, 6) is -0.168. The Kier molecular flexibility index (Phi) is 5.25. The number of carbonyl (C=O) groups excluding carboxylic acids is 1. The van der Waals surface area contributed by atoms with Gasteiger partial charge in [0.15, 0.2) is 11.6 Å². The molecular weight excluding hydrogens is 273 g/mol. The van der Waals surface area contributed by atoms with Crippen LogP contribution in [-0.2, 0) is 4.79 Å². The van der Waals surface area contributed by atoms with Crippen LogP contribution in [0.15, 0.2) is 12.1 Å². The molecule has 21 heavy (non-hydrogen) atoms. The van der Waals surface area contributed by atoms with Crippen molar-refractivity contribution in [2.75, 3.05) is 37.3 Å². The van der Waals surface area contributed by atoms with E-state index in [1.165, 1.54) is 12.1 Å². The van der Waals surface area contributed by atoms with Gasteiger partial charge in [-0.15, -0.1) is 0 Å². The van der Waals surface area contributed by atoms with Crippen molar-refractivity contribution in [1.29, 1.82) is 0 Å². The van der Waals surface area contributed by atoms with Crippen LogP contribution in [0.4, 0.5) is 15.8 Å². The van der Waals surface area contributed by atoms with Crippen molar-refractivity contribution in [2.45, 2.75) is 26.2 Å². The molecule has 1 fully saturated rings. The molecule has 1 aromatic rings. The van der Waals surface area contributed by atoms with Crippen molar-refractivity contribution in [2.24, 2.45) is 0 Å². The minimum Gasteiger partial charge on any atom is -0.491 e. The second kappa shape index (κ2) is 7.15. The van der Waals surface area contributed by atoms with Crippen LogP contribution in [0.3, 0.4) is 0 Å². The highest BCUT2D eigenvalue weighted by Crippen LogP contribution is 2.28. The quantitative estimate of drug-likeness (QED) is 0.790. The average molecular weight is 295 g/mol. The SMILES string of the molecule is CCOc1cc(NCCC(=O)N2CCCC2)c(N)cc1F. The van der Waals surface area contributed by atoms with Crippen LogP contribution < -0.4 is 15.8 Å². The second-order valence-corrected chi connectivity index (χ2v) is 5.07. The van der Waals surface area contributed by atoms with Crippen molar-refractivity contribution in [3.05, 3.63) is 17.9 Å². The number of likely N-dealkylation sites (tertiary alicyclic amines) is 1. The van der Waals surface area contributed by atoms with Gasteiger partial charge in [-0.05, 0) is 19.8 Å². The molecular formula is C15H22FN3O2. The molecule has 5 nitrogen and oxygen atoms in total. The van der Waals surface area contributed by atoms with Crippen LogP contribution in [0.2, 0.25) is 0 Å². The predicted octanol–water partition coefficient (Wildman–Crippen LogP) is 2.23. The van der Waals surface area contributed by atoms with E-state index in [4.69, 9.17) is 10.5 Å². The molecule has 0 radical (unpaired) electrons. The summed E-state index contributed by atoms with van der Waals surface area (Å²) in [4.78, 5) is 13.8. The standard InChI is InChI=1S/C15H22FN3O2/c1-2-21-14-10-13(12(17)9-11(14)16)18-6-5-15(20)19-7-3-4-8-19/h9-10,18H,2-8,17H2,1H3. The topological polar surface area (TPSA) is 67.6 Å². The molecule has 1 saturated heterocycles. The molecule has 1 amide bonds. The monoisotopic (exact) mass is 295 g/mol. The van der Waals surface area contributed by atoms with Gasteiger partial charge in [-0.2, -0.15) is 0 Å². The Morgan fingerprint density at radius 3 is 2.81 bits per heavy atom. The first-order valence-electron chi connectivity index (χ1n) is 7.35. The lowest BCUT2D eigenvalue weighted by Gasteiger charge is -2.16. The summed E-state index contributed by atoms with van der Waals surface area (Å²) in [5.41, 5.74) is 6.67. The van der Waals surface area contributed by atoms with Crippen LogP contribution >= 0.6 is 0 Å². The molecule has 1 aromatic carbocycles. The Morgan fingerprint density at radius 1 is 1.43 bits per heavy atom. The van der Waals surface area contributed by atoms with Crippen LogP contribution in [-0.4, -0.2) is 37.0 Å². The molecule has 0 spiro atoms. The van der Waals surface area contributed by atoms with Gasteiger partial charge >= 0.3 is 0 Å². The molecule has 0 unspecified atom stereocenters. The summed E-state index contributed by atoms with van der Waals surface area (Å²) in [6.45, 7) is 4.35. The van der Waals surface area contributed by atoms with E-state index >= 15 is 0 Å². The van der Waals surface area contributed by atoms with E-state index in [0.717, 1.165) is 25.9 Å².